The standard InChI is InChI=1S/C17H23N3O2S/c1-12-11-13(2)20(19-12)10-9-17(21)18-14(3)15-5-7-16(8-6-15)23(4)22/h5-8,11,14H,9-10H2,1-4H3,(H,18,21)/t14-,23-/m0/s1. The van der Waals surface area contributed by atoms with Gasteiger partial charge in [0.25, 0.3) is 0 Å². The molecule has 5 nitrogen and oxygen atoms in total. The molecule has 23 heavy (non-hydrogen) atoms. The van der Waals surface area contributed by atoms with Crippen LogP contribution in [0.25, 0.3) is 0 Å². The summed E-state index contributed by atoms with van der Waals surface area (Å²) in [4.78, 5) is 12.9. The lowest BCUT2D eigenvalue weighted by atomic mass is 10.1. The molecule has 1 amide bonds. The number of nitrogens with zero attached hydrogens (tertiary/aromatic N) is 2. The van der Waals surface area contributed by atoms with Gasteiger partial charge in [0.1, 0.15) is 0 Å². The summed E-state index contributed by atoms with van der Waals surface area (Å²) in [5, 5.41) is 7.34. The Bertz CT molecular complexity index is 707. The van der Waals surface area contributed by atoms with E-state index in [-0.39, 0.29) is 11.9 Å². The highest BCUT2D eigenvalue weighted by molar-refractivity contribution is 7.84. The van der Waals surface area contributed by atoms with Crippen LogP contribution in [0.4, 0.5) is 0 Å². The van der Waals surface area contributed by atoms with Gasteiger partial charge in [0, 0.05) is 40.6 Å². The van der Waals surface area contributed by atoms with Crippen LogP contribution in [0.15, 0.2) is 35.2 Å². The molecule has 0 aliphatic heterocycles. The molecule has 6 heteroatoms. The van der Waals surface area contributed by atoms with Crippen molar-refractivity contribution in [3.05, 3.63) is 47.3 Å². The fourth-order valence-corrected chi connectivity index (χ4v) is 2.97. The molecular weight excluding hydrogens is 310 g/mol. The predicted octanol–water partition coefficient (Wildman–Crippen LogP) is 2.50. The molecular formula is C17H23N3O2S. The topological polar surface area (TPSA) is 64.0 Å². The molecule has 124 valence electrons. The maximum atomic E-state index is 12.1. The fourth-order valence-electron chi connectivity index (χ4n) is 2.45. The molecule has 0 aliphatic rings. The van der Waals surface area contributed by atoms with Crippen LogP contribution >= 0.6 is 0 Å². The number of hydrogen-bond acceptors (Lipinski definition) is 3. The van der Waals surface area contributed by atoms with Crippen molar-refractivity contribution in [2.24, 2.45) is 0 Å². The van der Waals surface area contributed by atoms with Gasteiger partial charge in [0.15, 0.2) is 0 Å². The van der Waals surface area contributed by atoms with E-state index in [4.69, 9.17) is 0 Å². The van der Waals surface area contributed by atoms with Gasteiger partial charge in [0.05, 0.1) is 11.7 Å². The number of amides is 1. The molecule has 1 aromatic heterocycles. The Morgan fingerprint density at radius 3 is 2.48 bits per heavy atom. The Labute approximate surface area is 139 Å². The molecule has 0 radical (unpaired) electrons. The number of carbonyl (C=O) groups is 1. The highest BCUT2D eigenvalue weighted by Crippen LogP contribution is 2.15. The molecule has 0 bridgehead atoms. The summed E-state index contributed by atoms with van der Waals surface area (Å²) in [6, 6.07) is 9.40. The summed E-state index contributed by atoms with van der Waals surface area (Å²) in [5.41, 5.74) is 3.02. The third-order valence-corrected chi connectivity index (χ3v) is 4.68. The van der Waals surface area contributed by atoms with E-state index in [1.165, 1.54) is 0 Å². The number of benzene rings is 1. The van der Waals surface area contributed by atoms with Gasteiger partial charge in [-0.2, -0.15) is 5.10 Å². The van der Waals surface area contributed by atoms with Crippen molar-refractivity contribution in [3.63, 3.8) is 0 Å². The minimum Gasteiger partial charge on any atom is -0.350 e. The molecule has 2 rings (SSSR count). The molecule has 0 fully saturated rings. The van der Waals surface area contributed by atoms with Gasteiger partial charge in [0.2, 0.25) is 5.91 Å². The average molecular weight is 333 g/mol. The van der Waals surface area contributed by atoms with E-state index < -0.39 is 10.8 Å². The zero-order valence-corrected chi connectivity index (χ0v) is 14.8. The Balaban J connectivity index is 1.89. The predicted molar refractivity (Wildman–Crippen MR) is 91.7 cm³/mol. The zero-order valence-electron chi connectivity index (χ0n) is 14.0. The van der Waals surface area contributed by atoms with Crippen molar-refractivity contribution in [2.45, 2.75) is 44.7 Å². The summed E-state index contributed by atoms with van der Waals surface area (Å²) in [6.07, 6.45) is 2.04. The molecule has 1 N–H and O–H groups in total. The normalized spacial score (nSPS) is 13.6. The summed E-state index contributed by atoms with van der Waals surface area (Å²) in [6.45, 7) is 6.45. The molecule has 2 aromatic rings. The summed E-state index contributed by atoms with van der Waals surface area (Å²) in [7, 11) is -0.983. The minimum atomic E-state index is -0.983. The Morgan fingerprint density at radius 1 is 1.30 bits per heavy atom. The maximum Gasteiger partial charge on any atom is 0.222 e. The van der Waals surface area contributed by atoms with Crippen molar-refractivity contribution in [1.82, 2.24) is 15.1 Å². The van der Waals surface area contributed by atoms with Gasteiger partial charge in [-0.05, 0) is 44.5 Å². The van der Waals surface area contributed by atoms with Crippen molar-refractivity contribution in [3.8, 4) is 0 Å². The van der Waals surface area contributed by atoms with E-state index in [0.29, 0.717) is 13.0 Å². The maximum absolute atomic E-state index is 12.1. The van der Waals surface area contributed by atoms with Crippen LogP contribution in [-0.2, 0) is 22.1 Å². The van der Waals surface area contributed by atoms with Crippen LogP contribution in [0.5, 0.6) is 0 Å². The van der Waals surface area contributed by atoms with Crippen molar-refractivity contribution >= 4 is 16.7 Å². The van der Waals surface area contributed by atoms with Crippen LogP contribution < -0.4 is 5.32 Å². The van der Waals surface area contributed by atoms with Gasteiger partial charge in [-0.3, -0.25) is 13.7 Å². The fraction of sp³-hybridized carbons (Fsp3) is 0.412. The smallest absolute Gasteiger partial charge is 0.222 e. The second-order valence-corrected chi connectivity index (χ2v) is 7.09. The second kappa shape index (κ2) is 7.55. The summed E-state index contributed by atoms with van der Waals surface area (Å²) in [5.74, 6) is -0.00630. The SMILES string of the molecule is Cc1cc(C)n(CCC(=O)N[C@@H](C)c2ccc([S@](C)=O)cc2)n1. The van der Waals surface area contributed by atoms with Gasteiger partial charge >= 0.3 is 0 Å². The average Bonchev–Trinajstić information content (AvgIpc) is 2.83. The first-order valence-electron chi connectivity index (χ1n) is 7.60. The van der Waals surface area contributed by atoms with Gasteiger partial charge in [-0.1, -0.05) is 12.1 Å². The van der Waals surface area contributed by atoms with Crippen LogP contribution in [-0.4, -0.2) is 26.2 Å². The number of aryl methyl sites for hydroxylation is 3. The van der Waals surface area contributed by atoms with Crippen LogP contribution in [0, 0.1) is 13.8 Å². The molecule has 0 saturated carbocycles. The third kappa shape index (κ3) is 4.76. The van der Waals surface area contributed by atoms with Crippen LogP contribution in [0.1, 0.15) is 36.3 Å². The number of carbonyl (C=O) groups excluding carboxylic acids is 1. The first-order valence-corrected chi connectivity index (χ1v) is 9.16. The van der Waals surface area contributed by atoms with Crippen molar-refractivity contribution < 1.29 is 9.00 Å². The van der Waals surface area contributed by atoms with Crippen molar-refractivity contribution in [1.29, 1.82) is 0 Å². The lowest BCUT2D eigenvalue weighted by Crippen LogP contribution is -2.27. The number of rotatable bonds is 6. The minimum absolute atomic E-state index is 0.00630. The van der Waals surface area contributed by atoms with Crippen molar-refractivity contribution in [2.75, 3.05) is 6.26 Å². The van der Waals surface area contributed by atoms with E-state index in [2.05, 4.69) is 10.4 Å². The summed E-state index contributed by atoms with van der Waals surface area (Å²) < 4.78 is 13.2. The first kappa shape index (κ1) is 17.4. The first-order chi connectivity index (χ1) is 10.9. The number of aromatic nitrogens is 2. The molecule has 1 heterocycles. The van der Waals surface area contributed by atoms with Gasteiger partial charge < -0.3 is 5.32 Å². The van der Waals surface area contributed by atoms with Gasteiger partial charge in [-0.15, -0.1) is 0 Å². The second-order valence-electron chi connectivity index (χ2n) is 5.71. The lowest BCUT2D eigenvalue weighted by molar-refractivity contribution is -0.122. The monoisotopic (exact) mass is 333 g/mol. The molecule has 2 atom stereocenters. The highest BCUT2D eigenvalue weighted by atomic mass is 32.2. The Hall–Kier alpha value is -1.95. The van der Waals surface area contributed by atoms with E-state index in [9.17, 15) is 9.00 Å². The highest BCUT2D eigenvalue weighted by Gasteiger charge is 2.11. The Kier molecular flexibility index (Phi) is 5.71. The Morgan fingerprint density at radius 2 is 1.96 bits per heavy atom. The van der Waals surface area contributed by atoms with Crippen LogP contribution in [0.3, 0.4) is 0 Å². The van der Waals surface area contributed by atoms with Crippen LogP contribution in [0.2, 0.25) is 0 Å². The molecule has 0 unspecified atom stereocenters. The molecule has 0 saturated heterocycles. The number of hydrogen-bond donors (Lipinski definition) is 1. The van der Waals surface area contributed by atoms with E-state index >= 15 is 0 Å². The third-order valence-electron chi connectivity index (χ3n) is 3.74. The van der Waals surface area contributed by atoms with E-state index in [1.54, 1.807) is 6.26 Å². The van der Waals surface area contributed by atoms with E-state index in [1.807, 2.05) is 55.8 Å². The number of nitrogens with one attached hydrogen (secondary N) is 1. The lowest BCUT2D eigenvalue weighted by Gasteiger charge is -2.15. The van der Waals surface area contributed by atoms with Gasteiger partial charge in [-0.25, -0.2) is 0 Å². The quantitative estimate of drug-likeness (QED) is 0.883. The zero-order chi connectivity index (χ0) is 17.0. The molecule has 1 aromatic carbocycles. The summed E-state index contributed by atoms with van der Waals surface area (Å²) >= 11 is 0. The molecule has 0 aliphatic carbocycles. The largest absolute Gasteiger partial charge is 0.350 e. The van der Waals surface area contributed by atoms with E-state index in [0.717, 1.165) is 21.8 Å². The molecule has 0 spiro atoms.